The lowest BCUT2D eigenvalue weighted by Crippen LogP contribution is -2.55. The molecular weight excluding hydrogens is 432 g/mol. The number of rotatable bonds is 8. The molecule has 1 aliphatic heterocycles. The van der Waals surface area contributed by atoms with Crippen LogP contribution in [0.4, 0.5) is 0 Å². The molecule has 1 N–H and O–H groups in total. The number of hydrogen-bond donors (Lipinski definition) is 1. The summed E-state index contributed by atoms with van der Waals surface area (Å²) in [4.78, 5) is 30.0. The molecule has 168 valence electrons. The summed E-state index contributed by atoms with van der Waals surface area (Å²) >= 11 is 1.67. The van der Waals surface area contributed by atoms with Gasteiger partial charge in [0.1, 0.15) is 16.5 Å². The second-order valence-corrected chi connectivity index (χ2v) is 9.26. The van der Waals surface area contributed by atoms with Crippen LogP contribution in [0.2, 0.25) is 0 Å². The molecule has 0 amide bonds. The fraction of sp³-hybridized carbons (Fsp3) is 0.333. The van der Waals surface area contributed by atoms with Crippen molar-refractivity contribution in [2.75, 3.05) is 20.1 Å². The van der Waals surface area contributed by atoms with Crippen LogP contribution in [0.1, 0.15) is 33.6 Å². The normalized spacial score (nSPS) is 13.9. The lowest BCUT2D eigenvalue weighted by molar-refractivity contribution is 0.171. The zero-order valence-corrected chi connectivity index (χ0v) is 19.6. The molecule has 5 heterocycles. The first-order chi connectivity index (χ1) is 16.1. The first-order valence-corrected chi connectivity index (χ1v) is 11.9. The monoisotopic (exact) mass is 458 g/mol. The molecule has 8 nitrogen and oxygen atoms in total. The molecule has 5 rings (SSSR count). The molecule has 0 aliphatic carbocycles. The molecule has 4 aromatic rings. The zero-order chi connectivity index (χ0) is 22.6. The van der Waals surface area contributed by atoms with E-state index in [-0.39, 0.29) is 0 Å². The van der Waals surface area contributed by atoms with Crippen LogP contribution < -0.4 is 5.32 Å². The van der Waals surface area contributed by atoms with Crippen molar-refractivity contribution in [1.29, 1.82) is 0 Å². The average molecular weight is 459 g/mol. The van der Waals surface area contributed by atoms with E-state index >= 15 is 0 Å². The number of nitrogens with zero attached hydrogens (tertiary/aromatic N) is 7. The summed E-state index contributed by atoms with van der Waals surface area (Å²) in [6.07, 6.45) is 4.83. The van der Waals surface area contributed by atoms with Crippen molar-refractivity contribution in [2.45, 2.75) is 32.4 Å². The Balaban J connectivity index is 1.25. The van der Waals surface area contributed by atoms with Gasteiger partial charge in [0.2, 0.25) is 0 Å². The number of thiazole rings is 1. The van der Waals surface area contributed by atoms with E-state index in [1.54, 1.807) is 17.5 Å². The van der Waals surface area contributed by atoms with Crippen molar-refractivity contribution < 1.29 is 0 Å². The van der Waals surface area contributed by atoms with Gasteiger partial charge in [0.15, 0.2) is 5.82 Å². The summed E-state index contributed by atoms with van der Waals surface area (Å²) in [6, 6.07) is 10.3. The van der Waals surface area contributed by atoms with Crippen molar-refractivity contribution in [3.63, 3.8) is 0 Å². The van der Waals surface area contributed by atoms with Crippen molar-refractivity contribution in [1.82, 2.24) is 40.1 Å². The lowest BCUT2D eigenvalue weighted by atomic mass is 10.1. The highest BCUT2D eigenvalue weighted by Gasteiger charge is 2.22. The predicted molar refractivity (Wildman–Crippen MR) is 128 cm³/mol. The first kappa shape index (κ1) is 21.7. The van der Waals surface area contributed by atoms with Crippen LogP contribution >= 0.6 is 11.3 Å². The highest BCUT2D eigenvalue weighted by Crippen LogP contribution is 2.17. The third-order valence-corrected chi connectivity index (χ3v) is 6.56. The number of nitrogens with one attached hydrogen (secondary N) is 1. The van der Waals surface area contributed by atoms with Gasteiger partial charge in [0.05, 0.1) is 23.5 Å². The van der Waals surface area contributed by atoms with Crippen LogP contribution in [0.5, 0.6) is 0 Å². The quantitative estimate of drug-likeness (QED) is 0.431. The number of hydrogen-bond acceptors (Lipinski definition) is 9. The minimum absolute atomic E-state index is 0.610. The Labute approximate surface area is 197 Å². The molecular formula is C24H26N8S. The van der Waals surface area contributed by atoms with Crippen LogP contribution in [0.15, 0.2) is 48.1 Å². The van der Waals surface area contributed by atoms with Gasteiger partial charge in [-0.2, -0.15) is 0 Å². The molecule has 0 bridgehead atoms. The van der Waals surface area contributed by atoms with Gasteiger partial charge in [-0.05, 0) is 38.2 Å². The fourth-order valence-corrected chi connectivity index (χ4v) is 4.49. The second-order valence-electron chi connectivity index (χ2n) is 8.31. The summed E-state index contributed by atoms with van der Waals surface area (Å²) < 4.78 is 0. The molecule has 0 aromatic carbocycles. The van der Waals surface area contributed by atoms with Crippen molar-refractivity contribution in [2.24, 2.45) is 0 Å². The number of aromatic nitrogens is 6. The van der Waals surface area contributed by atoms with Crippen molar-refractivity contribution in [3.8, 4) is 11.5 Å². The molecule has 0 unspecified atom stereocenters. The van der Waals surface area contributed by atoms with Crippen LogP contribution in [0.25, 0.3) is 11.5 Å². The van der Waals surface area contributed by atoms with Gasteiger partial charge in [-0.1, -0.05) is 6.07 Å². The van der Waals surface area contributed by atoms with E-state index in [1.165, 1.54) is 0 Å². The van der Waals surface area contributed by atoms with E-state index in [4.69, 9.17) is 15.0 Å². The third kappa shape index (κ3) is 5.44. The molecule has 0 radical (unpaired) electrons. The second kappa shape index (κ2) is 9.78. The van der Waals surface area contributed by atoms with Gasteiger partial charge >= 0.3 is 0 Å². The van der Waals surface area contributed by atoms with Gasteiger partial charge in [0.25, 0.3) is 0 Å². The minimum Gasteiger partial charge on any atom is -0.314 e. The van der Waals surface area contributed by atoms with Gasteiger partial charge < -0.3 is 5.32 Å². The molecule has 0 saturated carbocycles. The van der Waals surface area contributed by atoms with Crippen molar-refractivity contribution in [3.05, 3.63) is 81.7 Å². The summed E-state index contributed by atoms with van der Waals surface area (Å²) in [5.74, 6) is 1.41. The molecule has 1 fully saturated rings. The molecule has 33 heavy (non-hydrogen) atoms. The Hall–Kier alpha value is -3.14. The highest BCUT2D eigenvalue weighted by molar-refractivity contribution is 7.09. The first-order valence-electron chi connectivity index (χ1n) is 11.0. The topological polar surface area (TPSA) is 92.6 Å². The maximum Gasteiger partial charge on any atom is 0.178 e. The highest BCUT2D eigenvalue weighted by atomic mass is 32.1. The standard InChI is InChI=1S/C24H26N8S/c1-16-4-3-5-21(28-16)24-27-9-7-18(31-24)10-17-6-8-26-22(29-17)11-23-30-19(15-33-23)14-32(2)20-12-25-13-20/h3-9,15,20,25H,10-14H2,1-2H3. The summed E-state index contributed by atoms with van der Waals surface area (Å²) in [6.45, 7) is 4.95. The van der Waals surface area contributed by atoms with Gasteiger partial charge in [-0.15, -0.1) is 11.3 Å². The molecule has 1 saturated heterocycles. The molecule has 0 spiro atoms. The predicted octanol–water partition coefficient (Wildman–Crippen LogP) is 2.68. The fourth-order valence-electron chi connectivity index (χ4n) is 3.70. The minimum atomic E-state index is 0.610. The Morgan fingerprint density at radius 3 is 2.55 bits per heavy atom. The van der Waals surface area contributed by atoms with E-state index in [0.717, 1.165) is 58.9 Å². The number of likely N-dealkylation sites (N-methyl/N-ethyl adjacent to an activating group) is 1. The number of aryl methyl sites for hydroxylation is 1. The largest absolute Gasteiger partial charge is 0.314 e. The molecule has 9 heteroatoms. The molecule has 0 atom stereocenters. The van der Waals surface area contributed by atoms with Gasteiger partial charge in [-0.3, -0.25) is 4.90 Å². The lowest BCUT2D eigenvalue weighted by Gasteiger charge is -2.35. The Bertz CT molecular complexity index is 1240. The Morgan fingerprint density at radius 1 is 0.939 bits per heavy atom. The van der Waals surface area contributed by atoms with E-state index in [0.29, 0.717) is 24.7 Å². The maximum atomic E-state index is 4.80. The van der Waals surface area contributed by atoms with Gasteiger partial charge in [0, 0.05) is 55.6 Å². The molecule has 4 aromatic heterocycles. The van der Waals surface area contributed by atoms with Crippen molar-refractivity contribution >= 4 is 11.3 Å². The van der Waals surface area contributed by atoms with E-state index < -0.39 is 0 Å². The zero-order valence-electron chi connectivity index (χ0n) is 18.8. The SMILES string of the molecule is Cc1cccc(-c2nccc(Cc3ccnc(Cc4nc(CN(C)C5CNC5)cs4)n3)n2)n1. The summed E-state index contributed by atoms with van der Waals surface area (Å²) in [5.41, 5.74) is 4.66. The maximum absolute atomic E-state index is 4.80. The third-order valence-electron chi connectivity index (χ3n) is 5.66. The van der Waals surface area contributed by atoms with E-state index in [1.807, 2.05) is 43.5 Å². The van der Waals surface area contributed by atoms with Crippen LogP contribution in [0.3, 0.4) is 0 Å². The van der Waals surface area contributed by atoms with Crippen LogP contribution in [-0.4, -0.2) is 61.0 Å². The number of pyridine rings is 1. The Morgan fingerprint density at radius 2 is 1.76 bits per heavy atom. The molecule has 1 aliphatic rings. The summed E-state index contributed by atoms with van der Waals surface area (Å²) in [5, 5.41) is 6.50. The summed E-state index contributed by atoms with van der Waals surface area (Å²) in [7, 11) is 2.16. The van der Waals surface area contributed by atoms with E-state index in [9.17, 15) is 0 Å². The Kier molecular flexibility index (Phi) is 6.43. The van der Waals surface area contributed by atoms with Crippen LogP contribution in [0, 0.1) is 6.92 Å². The van der Waals surface area contributed by atoms with E-state index in [2.05, 4.69) is 37.6 Å². The smallest absolute Gasteiger partial charge is 0.178 e. The van der Waals surface area contributed by atoms with Crippen LogP contribution in [-0.2, 0) is 19.4 Å². The average Bonchev–Trinajstić information content (AvgIpc) is 3.19. The van der Waals surface area contributed by atoms with Gasteiger partial charge in [-0.25, -0.2) is 29.9 Å².